The molecule has 0 aliphatic carbocycles. The van der Waals surface area contributed by atoms with Crippen molar-refractivity contribution in [3.63, 3.8) is 0 Å². The monoisotopic (exact) mass is 386 g/mol. The van der Waals surface area contributed by atoms with Crippen LogP contribution >= 0.6 is 0 Å². The number of nitrogens with zero attached hydrogens (tertiary/aromatic N) is 2. The number of likely N-dealkylation sites (tertiary alicyclic amines) is 1. The summed E-state index contributed by atoms with van der Waals surface area (Å²) in [7, 11) is 1.60. The summed E-state index contributed by atoms with van der Waals surface area (Å²) in [6, 6.07) is 22.2. The van der Waals surface area contributed by atoms with E-state index >= 15 is 0 Å². The molecule has 0 bridgehead atoms. The number of ether oxygens (including phenoxy) is 1. The third-order valence-corrected chi connectivity index (χ3v) is 5.62. The van der Waals surface area contributed by atoms with E-state index in [-0.39, 0.29) is 5.91 Å². The maximum atomic E-state index is 12.9. The van der Waals surface area contributed by atoms with Gasteiger partial charge in [-0.05, 0) is 55.2 Å². The highest BCUT2D eigenvalue weighted by molar-refractivity contribution is 5.97. The van der Waals surface area contributed by atoms with Crippen molar-refractivity contribution < 1.29 is 9.53 Å². The van der Waals surface area contributed by atoms with Gasteiger partial charge in [-0.25, -0.2) is 0 Å². The third kappa shape index (κ3) is 4.16. The average Bonchev–Trinajstić information content (AvgIpc) is 2.79. The number of rotatable bonds is 4. The van der Waals surface area contributed by atoms with Gasteiger partial charge >= 0.3 is 0 Å². The molecule has 1 aliphatic heterocycles. The minimum atomic E-state index is 0.0445. The number of para-hydroxylation sites is 1. The van der Waals surface area contributed by atoms with Crippen LogP contribution in [0.3, 0.4) is 0 Å². The van der Waals surface area contributed by atoms with E-state index in [1.165, 1.54) is 11.1 Å². The van der Waals surface area contributed by atoms with Gasteiger partial charge in [-0.3, -0.25) is 9.78 Å². The first kappa shape index (κ1) is 19.2. The zero-order valence-corrected chi connectivity index (χ0v) is 17.0. The molecule has 0 atom stereocenters. The van der Waals surface area contributed by atoms with Crippen molar-refractivity contribution in [1.82, 2.24) is 9.88 Å². The number of pyridine rings is 1. The van der Waals surface area contributed by atoms with Crippen molar-refractivity contribution in [1.29, 1.82) is 0 Å². The molecule has 2 aromatic carbocycles. The highest BCUT2D eigenvalue weighted by Gasteiger charge is 2.27. The number of piperidine rings is 1. The Morgan fingerprint density at radius 1 is 0.966 bits per heavy atom. The molecule has 3 aromatic rings. The summed E-state index contributed by atoms with van der Waals surface area (Å²) in [6.07, 6.45) is 1.84. The van der Waals surface area contributed by atoms with Crippen molar-refractivity contribution in [2.45, 2.75) is 25.7 Å². The molecular weight excluding hydrogens is 360 g/mol. The minimum absolute atomic E-state index is 0.0445. The number of carbonyl (C=O) groups excluding carboxylic acids is 1. The number of aromatic nitrogens is 1. The molecule has 4 heteroatoms. The lowest BCUT2D eigenvalue weighted by Gasteiger charge is -2.32. The Bertz CT molecular complexity index is 993. The predicted octanol–water partition coefficient (Wildman–Crippen LogP) is 5.09. The second kappa shape index (κ2) is 8.48. The summed E-state index contributed by atoms with van der Waals surface area (Å²) in [5.41, 5.74) is 5.22. The SMILES string of the molecule is COc1ccccc1C(=O)N1CCC(c2cc(-c3ccccc3)cc(C)n2)CC1. The largest absolute Gasteiger partial charge is 0.496 e. The van der Waals surface area contributed by atoms with Crippen molar-refractivity contribution in [2.75, 3.05) is 20.2 Å². The molecule has 4 rings (SSSR count). The van der Waals surface area contributed by atoms with Gasteiger partial charge in [0, 0.05) is 30.4 Å². The van der Waals surface area contributed by atoms with Gasteiger partial charge in [0.25, 0.3) is 5.91 Å². The van der Waals surface area contributed by atoms with Gasteiger partial charge in [-0.15, -0.1) is 0 Å². The van der Waals surface area contributed by atoms with E-state index in [0.29, 0.717) is 17.2 Å². The fourth-order valence-electron chi connectivity index (χ4n) is 4.07. The Labute approximate surface area is 172 Å². The van der Waals surface area contributed by atoms with E-state index in [1.807, 2.05) is 35.2 Å². The van der Waals surface area contributed by atoms with Crippen molar-refractivity contribution in [3.8, 4) is 16.9 Å². The molecule has 148 valence electrons. The lowest BCUT2D eigenvalue weighted by molar-refractivity contribution is 0.0708. The Kier molecular flexibility index (Phi) is 5.61. The van der Waals surface area contributed by atoms with Crippen molar-refractivity contribution >= 4 is 5.91 Å². The van der Waals surface area contributed by atoms with Crippen LogP contribution in [0.5, 0.6) is 5.75 Å². The molecule has 0 unspecified atom stereocenters. The third-order valence-electron chi connectivity index (χ3n) is 5.62. The maximum Gasteiger partial charge on any atom is 0.257 e. The maximum absolute atomic E-state index is 12.9. The zero-order valence-electron chi connectivity index (χ0n) is 17.0. The standard InChI is InChI=1S/C25H26N2O2/c1-18-16-21(19-8-4-3-5-9-19)17-23(26-18)20-12-14-27(15-13-20)25(28)22-10-6-7-11-24(22)29-2/h3-11,16-17,20H,12-15H2,1-2H3. The number of aryl methyl sites for hydroxylation is 1. The molecule has 1 amide bonds. The number of methoxy groups -OCH3 is 1. The number of hydrogen-bond donors (Lipinski definition) is 0. The number of benzene rings is 2. The van der Waals surface area contributed by atoms with Crippen molar-refractivity contribution in [3.05, 3.63) is 83.7 Å². The van der Waals surface area contributed by atoms with E-state index in [1.54, 1.807) is 7.11 Å². The van der Waals surface area contributed by atoms with E-state index < -0.39 is 0 Å². The molecule has 1 saturated heterocycles. The molecule has 29 heavy (non-hydrogen) atoms. The van der Waals surface area contributed by atoms with Gasteiger partial charge in [0.2, 0.25) is 0 Å². The smallest absolute Gasteiger partial charge is 0.257 e. The van der Waals surface area contributed by atoms with Crippen LogP contribution in [0.25, 0.3) is 11.1 Å². The molecule has 1 aliphatic rings. The molecule has 1 aromatic heterocycles. The van der Waals surface area contributed by atoms with Gasteiger partial charge in [0.1, 0.15) is 5.75 Å². The Balaban J connectivity index is 1.49. The van der Waals surface area contributed by atoms with Crippen LogP contribution in [0.15, 0.2) is 66.7 Å². The van der Waals surface area contributed by atoms with Crippen LogP contribution in [0, 0.1) is 6.92 Å². The fraction of sp³-hybridized carbons (Fsp3) is 0.280. The lowest BCUT2D eigenvalue weighted by atomic mass is 9.91. The Morgan fingerprint density at radius 3 is 2.38 bits per heavy atom. The Morgan fingerprint density at radius 2 is 1.66 bits per heavy atom. The van der Waals surface area contributed by atoms with E-state index in [0.717, 1.165) is 37.3 Å². The predicted molar refractivity (Wildman–Crippen MR) is 115 cm³/mol. The average molecular weight is 386 g/mol. The van der Waals surface area contributed by atoms with Crippen LogP contribution in [-0.4, -0.2) is 36.0 Å². The summed E-state index contributed by atoms with van der Waals surface area (Å²) >= 11 is 0. The first-order valence-electron chi connectivity index (χ1n) is 10.1. The van der Waals surface area contributed by atoms with Gasteiger partial charge in [-0.2, -0.15) is 0 Å². The fourth-order valence-corrected chi connectivity index (χ4v) is 4.07. The summed E-state index contributed by atoms with van der Waals surface area (Å²) in [4.78, 5) is 19.7. The van der Waals surface area contributed by atoms with Gasteiger partial charge in [0.05, 0.1) is 12.7 Å². The molecule has 0 N–H and O–H groups in total. The first-order chi connectivity index (χ1) is 14.2. The molecule has 4 nitrogen and oxygen atoms in total. The van der Waals surface area contributed by atoms with Crippen LogP contribution in [0.4, 0.5) is 0 Å². The van der Waals surface area contributed by atoms with Crippen molar-refractivity contribution in [2.24, 2.45) is 0 Å². The molecule has 0 saturated carbocycles. The molecule has 0 spiro atoms. The normalized spacial score (nSPS) is 14.6. The molecular formula is C25H26N2O2. The topological polar surface area (TPSA) is 42.4 Å². The number of amides is 1. The summed E-state index contributed by atoms with van der Waals surface area (Å²) in [5, 5.41) is 0. The summed E-state index contributed by atoms with van der Waals surface area (Å²) < 4.78 is 5.36. The summed E-state index contributed by atoms with van der Waals surface area (Å²) in [6.45, 7) is 3.52. The van der Waals surface area contributed by atoms with Crippen LogP contribution in [-0.2, 0) is 0 Å². The number of hydrogen-bond acceptors (Lipinski definition) is 3. The van der Waals surface area contributed by atoms with Crippen LogP contribution in [0.2, 0.25) is 0 Å². The van der Waals surface area contributed by atoms with Crippen LogP contribution < -0.4 is 4.74 Å². The first-order valence-corrected chi connectivity index (χ1v) is 10.1. The Hall–Kier alpha value is -3.14. The molecule has 1 fully saturated rings. The van der Waals surface area contributed by atoms with Gasteiger partial charge in [-0.1, -0.05) is 42.5 Å². The van der Waals surface area contributed by atoms with E-state index in [4.69, 9.17) is 9.72 Å². The molecule has 2 heterocycles. The molecule has 0 radical (unpaired) electrons. The quantitative estimate of drug-likeness (QED) is 0.627. The summed E-state index contributed by atoms with van der Waals surface area (Å²) in [5.74, 6) is 1.05. The van der Waals surface area contributed by atoms with E-state index in [2.05, 4.69) is 43.3 Å². The van der Waals surface area contributed by atoms with Crippen LogP contribution in [0.1, 0.15) is 40.5 Å². The lowest BCUT2D eigenvalue weighted by Crippen LogP contribution is -2.38. The highest BCUT2D eigenvalue weighted by Crippen LogP contribution is 2.31. The minimum Gasteiger partial charge on any atom is -0.496 e. The highest BCUT2D eigenvalue weighted by atomic mass is 16.5. The zero-order chi connectivity index (χ0) is 20.2. The second-order valence-corrected chi connectivity index (χ2v) is 7.55. The second-order valence-electron chi connectivity index (χ2n) is 7.55. The number of carbonyl (C=O) groups is 1. The van der Waals surface area contributed by atoms with Gasteiger partial charge in [0.15, 0.2) is 0 Å². The van der Waals surface area contributed by atoms with Gasteiger partial charge < -0.3 is 9.64 Å². The van der Waals surface area contributed by atoms with E-state index in [9.17, 15) is 4.79 Å².